The molecule has 1 aliphatic carbocycles. The highest BCUT2D eigenvalue weighted by Crippen LogP contribution is 2.48. The van der Waals surface area contributed by atoms with Crippen LogP contribution in [0, 0.1) is 5.92 Å². The molecule has 2 unspecified atom stereocenters. The van der Waals surface area contributed by atoms with Crippen LogP contribution in [0.3, 0.4) is 0 Å². The SMILES string of the molecule is ClCC1CC1c1ccc(Br)c(Cl)c1. The number of benzene rings is 1. The lowest BCUT2D eigenvalue weighted by Crippen LogP contribution is -1.84. The summed E-state index contributed by atoms with van der Waals surface area (Å²) in [5, 5.41) is 0.790. The maximum absolute atomic E-state index is 6.00. The van der Waals surface area contributed by atoms with E-state index in [9.17, 15) is 0 Å². The Morgan fingerprint density at radius 1 is 1.46 bits per heavy atom. The first-order valence-corrected chi connectivity index (χ1v) is 5.94. The molecule has 0 bridgehead atoms. The molecule has 0 aromatic heterocycles. The van der Waals surface area contributed by atoms with E-state index in [1.807, 2.05) is 12.1 Å². The highest BCUT2D eigenvalue weighted by molar-refractivity contribution is 9.10. The molecule has 1 aromatic carbocycles. The van der Waals surface area contributed by atoms with Crippen molar-refractivity contribution in [1.29, 1.82) is 0 Å². The quantitative estimate of drug-likeness (QED) is 0.702. The van der Waals surface area contributed by atoms with Crippen LogP contribution in [0.5, 0.6) is 0 Å². The summed E-state index contributed by atoms with van der Waals surface area (Å²) in [4.78, 5) is 0. The lowest BCUT2D eigenvalue weighted by atomic mass is 10.1. The van der Waals surface area contributed by atoms with Gasteiger partial charge in [0.1, 0.15) is 0 Å². The van der Waals surface area contributed by atoms with Crippen LogP contribution in [-0.4, -0.2) is 5.88 Å². The van der Waals surface area contributed by atoms with Gasteiger partial charge in [-0.1, -0.05) is 17.7 Å². The van der Waals surface area contributed by atoms with Gasteiger partial charge in [-0.15, -0.1) is 11.6 Å². The van der Waals surface area contributed by atoms with Crippen LogP contribution < -0.4 is 0 Å². The van der Waals surface area contributed by atoms with Crippen molar-refractivity contribution in [2.45, 2.75) is 12.3 Å². The molecule has 70 valence electrons. The summed E-state index contributed by atoms with van der Waals surface area (Å²) in [6, 6.07) is 6.15. The minimum atomic E-state index is 0.642. The number of halogens is 3. The average molecular weight is 280 g/mol. The predicted octanol–water partition coefficient (Wildman–Crippen LogP) is 4.44. The molecule has 0 nitrogen and oxygen atoms in total. The van der Waals surface area contributed by atoms with E-state index in [0.29, 0.717) is 11.8 Å². The first kappa shape index (κ1) is 9.82. The highest BCUT2D eigenvalue weighted by atomic mass is 79.9. The summed E-state index contributed by atoms with van der Waals surface area (Å²) in [5.41, 5.74) is 1.32. The molecule has 0 saturated heterocycles. The summed E-state index contributed by atoms with van der Waals surface area (Å²) in [7, 11) is 0. The van der Waals surface area contributed by atoms with E-state index >= 15 is 0 Å². The number of alkyl halides is 1. The number of hydrogen-bond acceptors (Lipinski definition) is 0. The largest absolute Gasteiger partial charge is 0.126 e. The van der Waals surface area contributed by atoms with E-state index in [1.54, 1.807) is 0 Å². The standard InChI is InChI=1S/C10H9BrCl2/c11-9-2-1-6(4-10(9)13)8-3-7(8)5-12/h1-2,4,7-8H,3,5H2. The van der Waals surface area contributed by atoms with Crippen molar-refractivity contribution in [3.05, 3.63) is 33.3 Å². The summed E-state index contributed by atoms with van der Waals surface area (Å²) in [6.45, 7) is 0. The van der Waals surface area contributed by atoms with Gasteiger partial charge in [0.15, 0.2) is 0 Å². The molecule has 0 N–H and O–H groups in total. The van der Waals surface area contributed by atoms with Gasteiger partial charge in [0.05, 0.1) is 5.02 Å². The second-order valence-electron chi connectivity index (χ2n) is 3.43. The van der Waals surface area contributed by atoms with Crippen molar-refractivity contribution in [2.75, 3.05) is 5.88 Å². The Bertz CT molecular complexity index is 325. The van der Waals surface area contributed by atoms with Crippen molar-refractivity contribution in [3.63, 3.8) is 0 Å². The van der Waals surface area contributed by atoms with Crippen LogP contribution >= 0.6 is 39.1 Å². The minimum absolute atomic E-state index is 0.642. The second kappa shape index (κ2) is 3.80. The van der Waals surface area contributed by atoms with Gasteiger partial charge in [-0.25, -0.2) is 0 Å². The molecule has 0 radical (unpaired) electrons. The average Bonchev–Trinajstić information content (AvgIpc) is 2.88. The molecular weight excluding hydrogens is 271 g/mol. The zero-order valence-corrected chi connectivity index (χ0v) is 10.0. The molecule has 1 aromatic rings. The van der Waals surface area contributed by atoms with Crippen molar-refractivity contribution < 1.29 is 0 Å². The Kier molecular flexibility index (Phi) is 2.87. The van der Waals surface area contributed by atoms with Crippen LogP contribution in [0.15, 0.2) is 22.7 Å². The summed E-state index contributed by atoms with van der Waals surface area (Å²) in [6.07, 6.45) is 1.21. The highest BCUT2D eigenvalue weighted by Gasteiger charge is 2.37. The zero-order chi connectivity index (χ0) is 9.42. The van der Waals surface area contributed by atoms with Gasteiger partial charge in [0, 0.05) is 10.4 Å². The Hall–Kier alpha value is 0.280. The fourth-order valence-electron chi connectivity index (χ4n) is 1.57. The van der Waals surface area contributed by atoms with Crippen LogP contribution in [0.25, 0.3) is 0 Å². The van der Waals surface area contributed by atoms with Gasteiger partial charge in [-0.3, -0.25) is 0 Å². The first-order valence-electron chi connectivity index (χ1n) is 4.23. The Balaban J connectivity index is 2.19. The van der Waals surface area contributed by atoms with Crippen molar-refractivity contribution >= 4 is 39.1 Å². The van der Waals surface area contributed by atoms with E-state index in [4.69, 9.17) is 23.2 Å². The molecular formula is C10H9BrCl2. The van der Waals surface area contributed by atoms with E-state index in [-0.39, 0.29) is 0 Å². The fraction of sp³-hybridized carbons (Fsp3) is 0.400. The number of hydrogen-bond donors (Lipinski definition) is 0. The third-order valence-electron chi connectivity index (χ3n) is 2.49. The van der Waals surface area contributed by atoms with Crippen molar-refractivity contribution in [3.8, 4) is 0 Å². The maximum atomic E-state index is 6.00. The molecule has 0 heterocycles. The normalized spacial score (nSPS) is 26.1. The van der Waals surface area contributed by atoms with E-state index < -0.39 is 0 Å². The van der Waals surface area contributed by atoms with Crippen LogP contribution in [0.2, 0.25) is 5.02 Å². The van der Waals surface area contributed by atoms with E-state index in [0.717, 1.165) is 15.4 Å². The summed E-state index contributed by atoms with van der Waals surface area (Å²) in [5.74, 6) is 2.07. The van der Waals surface area contributed by atoms with Gasteiger partial charge in [0.25, 0.3) is 0 Å². The Morgan fingerprint density at radius 2 is 2.23 bits per heavy atom. The van der Waals surface area contributed by atoms with Crippen LogP contribution in [0.4, 0.5) is 0 Å². The van der Waals surface area contributed by atoms with E-state index in [1.165, 1.54) is 12.0 Å². The molecule has 1 aliphatic rings. The Morgan fingerprint density at radius 3 is 2.77 bits per heavy atom. The van der Waals surface area contributed by atoms with Gasteiger partial charge >= 0.3 is 0 Å². The molecule has 1 saturated carbocycles. The van der Waals surface area contributed by atoms with Gasteiger partial charge in [-0.2, -0.15) is 0 Å². The van der Waals surface area contributed by atoms with Gasteiger partial charge in [-0.05, 0) is 51.9 Å². The van der Waals surface area contributed by atoms with Gasteiger partial charge in [0.2, 0.25) is 0 Å². The molecule has 0 aliphatic heterocycles. The minimum Gasteiger partial charge on any atom is -0.126 e. The molecule has 0 spiro atoms. The van der Waals surface area contributed by atoms with Crippen molar-refractivity contribution in [2.24, 2.45) is 5.92 Å². The molecule has 13 heavy (non-hydrogen) atoms. The monoisotopic (exact) mass is 278 g/mol. The lowest BCUT2D eigenvalue weighted by molar-refractivity contribution is 0.923. The second-order valence-corrected chi connectivity index (χ2v) is 5.00. The van der Waals surface area contributed by atoms with Crippen LogP contribution in [0.1, 0.15) is 17.9 Å². The first-order chi connectivity index (χ1) is 6.22. The van der Waals surface area contributed by atoms with Gasteiger partial charge < -0.3 is 0 Å². The zero-order valence-electron chi connectivity index (χ0n) is 6.93. The predicted molar refractivity (Wildman–Crippen MR) is 60.7 cm³/mol. The topological polar surface area (TPSA) is 0 Å². The molecule has 2 rings (SSSR count). The molecule has 3 heteroatoms. The summed E-state index contributed by atoms with van der Waals surface area (Å²) >= 11 is 15.1. The van der Waals surface area contributed by atoms with Crippen molar-refractivity contribution in [1.82, 2.24) is 0 Å². The molecule has 1 fully saturated rings. The lowest BCUT2D eigenvalue weighted by Gasteiger charge is -2.01. The third kappa shape index (κ3) is 2.03. The van der Waals surface area contributed by atoms with Crippen LogP contribution in [-0.2, 0) is 0 Å². The third-order valence-corrected chi connectivity index (χ3v) is 4.12. The molecule has 0 amide bonds. The fourth-order valence-corrected chi connectivity index (χ4v) is 2.35. The van der Waals surface area contributed by atoms with E-state index in [2.05, 4.69) is 22.0 Å². The Labute approximate surface area is 96.4 Å². The smallest absolute Gasteiger partial charge is 0.0550 e. The number of rotatable bonds is 2. The molecule has 2 atom stereocenters. The maximum Gasteiger partial charge on any atom is 0.0550 e. The summed E-state index contributed by atoms with van der Waals surface area (Å²) < 4.78 is 0.959.